The van der Waals surface area contributed by atoms with Crippen molar-refractivity contribution < 1.29 is 8.83 Å². The minimum Gasteiger partial charge on any atom is -0.456 e. The van der Waals surface area contributed by atoms with Crippen molar-refractivity contribution in [1.29, 1.82) is 0 Å². The van der Waals surface area contributed by atoms with Crippen LogP contribution in [-0.4, -0.2) is 4.98 Å². The number of fused-ring (bicyclic) bond motifs is 6. The van der Waals surface area contributed by atoms with E-state index < -0.39 is 0 Å². The van der Waals surface area contributed by atoms with E-state index in [9.17, 15) is 0 Å². The summed E-state index contributed by atoms with van der Waals surface area (Å²) in [6.07, 6.45) is 0. The molecule has 2 aromatic heterocycles. The molecule has 212 valence electrons. The molecular weight excluding hydrogens is 552 g/mol. The molecule has 0 aliphatic heterocycles. The maximum absolute atomic E-state index is 6.42. The molecule has 4 nitrogen and oxygen atoms in total. The zero-order valence-electron chi connectivity index (χ0n) is 24.2. The Hall–Kier alpha value is -6.13. The molecule has 7 aromatic carbocycles. The second-order valence-electron chi connectivity index (χ2n) is 11.2. The summed E-state index contributed by atoms with van der Waals surface area (Å²) in [7, 11) is 0. The summed E-state index contributed by atoms with van der Waals surface area (Å²) in [4.78, 5) is 7.12. The Bertz CT molecular complexity index is 2480. The fourth-order valence-corrected chi connectivity index (χ4v) is 6.34. The monoisotopic (exact) mass is 578 g/mol. The molecule has 0 saturated carbocycles. The lowest BCUT2D eigenvalue weighted by Gasteiger charge is -2.27. The highest BCUT2D eigenvalue weighted by molar-refractivity contribution is 6.11. The highest BCUT2D eigenvalue weighted by atomic mass is 16.3. The number of hydrogen-bond acceptors (Lipinski definition) is 4. The number of benzene rings is 7. The molecule has 0 fully saturated rings. The smallest absolute Gasteiger partial charge is 0.227 e. The lowest BCUT2D eigenvalue weighted by molar-refractivity contribution is 0.623. The molecule has 2 heterocycles. The molecule has 0 atom stereocenters. The van der Waals surface area contributed by atoms with Crippen molar-refractivity contribution >= 4 is 60.9 Å². The Morgan fingerprint density at radius 1 is 0.422 bits per heavy atom. The molecule has 4 heteroatoms. The second kappa shape index (κ2) is 10.2. The third-order valence-corrected chi connectivity index (χ3v) is 8.50. The first kappa shape index (κ1) is 25.4. The van der Waals surface area contributed by atoms with Crippen LogP contribution in [0.15, 0.2) is 167 Å². The lowest BCUT2D eigenvalue weighted by Crippen LogP contribution is -2.10. The summed E-state index contributed by atoms with van der Waals surface area (Å²) < 4.78 is 12.8. The van der Waals surface area contributed by atoms with Crippen LogP contribution >= 0.6 is 0 Å². The molecule has 0 unspecified atom stereocenters. The predicted octanol–water partition coefficient (Wildman–Crippen LogP) is 11.7. The largest absolute Gasteiger partial charge is 0.456 e. The maximum Gasteiger partial charge on any atom is 0.227 e. The van der Waals surface area contributed by atoms with Gasteiger partial charge in [-0.2, -0.15) is 0 Å². The van der Waals surface area contributed by atoms with E-state index in [1.165, 1.54) is 11.1 Å². The van der Waals surface area contributed by atoms with Crippen LogP contribution in [0.3, 0.4) is 0 Å². The van der Waals surface area contributed by atoms with Gasteiger partial charge in [-0.1, -0.05) is 91.0 Å². The first-order chi connectivity index (χ1) is 22.3. The van der Waals surface area contributed by atoms with Gasteiger partial charge in [0.25, 0.3) is 0 Å². The topological polar surface area (TPSA) is 42.4 Å². The standard InChI is InChI=1S/C41H26N2O2/c1-3-10-27(11-4-1)28-18-20-30(21-19-28)43(31-22-23-34-33-14-7-8-17-38(33)44-39(34)26-31)37-16-9-15-35-32(37)24-25-36-40(35)45-41(42-36)29-12-5-2-6-13-29/h1-26H. The lowest BCUT2D eigenvalue weighted by atomic mass is 10.0. The van der Waals surface area contributed by atoms with Gasteiger partial charge in [-0.25, -0.2) is 4.98 Å². The van der Waals surface area contributed by atoms with Crippen LogP contribution in [-0.2, 0) is 0 Å². The Balaban J connectivity index is 1.24. The Labute approximate surface area is 259 Å². The summed E-state index contributed by atoms with van der Waals surface area (Å²) in [5.41, 5.74) is 9.74. The van der Waals surface area contributed by atoms with Crippen LogP contribution in [0.4, 0.5) is 17.1 Å². The first-order valence-corrected chi connectivity index (χ1v) is 15.0. The van der Waals surface area contributed by atoms with Crippen LogP contribution in [0.25, 0.3) is 66.4 Å². The molecule has 9 aromatic rings. The summed E-state index contributed by atoms with van der Waals surface area (Å²) >= 11 is 0. The fraction of sp³-hybridized carbons (Fsp3) is 0. The van der Waals surface area contributed by atoms with Crippen LogP contribution in [0, 0.1) is 0 Å². The quantitative estimate of drug-likeness (QED) is 0.204. The van der Waals surface area contributed by atoms with Gasteiger partial charge in [0.1, 0.15) is 16.7 Å². The molecule has 0 aliphatic carbocycles. The van der Waals surface area contributed by atoms with Crippen molar-refractivity contribution in [1.82, 2.24) is 4.98 Å². The number of furan rings is 1. The van der Waals surface area contributed by atoms with Gasteiger partial charge in [-0.3, -0.25) is 0 Å². The number of aromatic nitrogens is 1. The molecule has 0 spiro atoms. The SMILES string of the molecule is c1ccc(-c2ccc(N(c3ccc4c(c3)oc3ccccc34)c3cccc4c3ccc3nc(-c5ccccc5)oc34)cc2)cc1. The van der Waals surface area contributed by atoms with Crippen LogP contribution in [0.2, 0.25) is 0 Å². The average Bonchev–Trinajstić information content (AvgIpc) is 3.72. The van der Waals surface area contributed by atoms with Gasteiger partial charge in [0, 0.05) is 44.5 Å². The first-order valence-electron chi connectivity index (χ1n) is 15.0. The zero-order chi connectivity index (χ0) is 29.7. The van der Waals surface area contributed by atoms with Crippen molar-refractivity contribution in [2.75, 3.05) is 4.90 Å². The van der Waals surface area contributed by atoms with Gasteiger partial charge in [0.2, 0.25) is 5.89 Å². The number of anilines is 3. The maximum atomic E-state index is 6.42. The van der Waals surface area contributed by atoms with Crippen LogP contribution < -0.4 is 4.90 Å². The molecule has 0 saturated heterocycles. The Kier molecular flexibility index (Phi) is 5.78. The van der Waals surface area contributed by atoms with E-state index in [1.54, 1.807) is 0 Å². The number of hydrogen-bond donors (Lipinski definition) is 0. The van der Waals surface area contributed by atoms with Gasteiger partial charge in [0.15, 0.2) is 5.58 Å². The van der Waals surface area contributed by atoms with E-state index in [2.05, 4.69) is 114 Å². The Morgan fingerprint density at radius 3 is 1.89 bits per heavy atom. The molecule has 0 amide bonds. The van der Waals surface area contributed by atoms with Gasteiger partial charge in [0.05, 0.1) is 5.69 Å². The molecule has 0 aliphatic rings. The molecule has 0 N–H and O–H groups in total. The van der Waals surface area contributed by atoms with Gasteiger partial charge in [-0.05, 0) is 71.8 Å². The minimum absolute atomic E-state index is 0.618. The van der Waals surface area contributed by atoms with Crippen molar-refractivity contribution in [3.8, 4) is 22.6 Å². The zero-order valence-corrected chi connectivity index (χ0v) is 24.2. The van der Waals surface area contributed by atoms with E-state index in [-0.39, 0.29) is 0 Å². The normalized spacial score (nSPS) is 11.6. The number of oxazole rings is 1. The third kappa shape index (κ3) is 4.27. The number of nitrogens with zero attached hydrogens (tertiary/aromatic N) is 2. The highest BCUT2D eigenvalue weighted by Crippen LogP contribution is 2.43. The van der Waals surface area contributed by atoms with E-state index >= 15 is 0 Å². The average molecular weight is 579 g/mol. The third-order valence-electron chi connectivity index (χ3n) is 8.50. The van der Waals surface area contributed by atoms with E-state index in [4.69, 9.17) is 13.8 Å². The minimum atomic E-state index is 0.618. The molecular formula is C41H26N2O2. The van der Waals surface area contributed by atoms with Gasteiger partial charge >= 0.3 is 0 Å². The predicted molar refractivity (Wildman–Crippen MR) is 184 cm³/mol. The summed E-state index contributed by atoms with van der Waals surface area (Å²) in [6.45, 7) is 0. The van der Waals surface area contributed by atoms with E-state index in [0.717, 1.165) is 66.4 Å². The van der Waals surface area contributed by atoms with Crippen LogP contribution in [0.1, 0.15) is 0 Å². The van der Waals surface area contributed by atoms with E-state index in [1.807, 2.05) is 48.5 Å². The van der Waals surface area contributed by atoms with Gasteiger partial charge < -0.3 is 13.7 Å². The Morgan fingerprint density at radius 2 is 1.07 bits per heavy atom. The van der Waals surface area contributed by atoms with Crippen molar-refractivity contribution in [3.63, 3.8) is 0 Å². The molecule has 9 rings (SSSR count). The molecule has 0 bridgehead atoms. The highest BCUT2D eigenvalue weighted by Gasteiger charge is 2.20. The van der Waals surface area contributed by atoms with Gasteiger partial charge in [-0.15, -0.1) is 0 Å². The van der Waals surface area contributed by atoms with Crippen molar-refractivity contribution in [2.45, 2.75) is 0 Å². The summed E-state index contributed by atoms with van der Waals surface area (Å²) in [6, 6.07) is 54.5. The van der Waals surface area contributed by atoms with E-state index in [0.29, 0.717) is 5.89 Å². The number of rotatable bonds is 5. The van der Waals surface area contributed by atoms with Crippen molar-refractivity contribution in [3.05, 3.63) is 158 Å². The second-order valence-corrected chi connectivity index (χ2v) is 11.2. The fourth-order valence-electron chi connectivity index (χ4n) is 6.34. The molecule has 45 heavy (non-hydrogen) atoms. The summed E-state index contributed by atoms with van der Waals surface area (Å²) in [5.74, 6) is 0.618. The summed E-state index contributed by atoms with van der Waals surface area (Å²) in [5, 5.41) is 4.29. The molecule has 0 radical (unpaired) electrons. The number of para-hydroxylation sites is 1. The van der Waals surface area contributed by atoms with Crippen LogP contribution in [0.5, 0.6) is 0 Å². The van der Waals surface area contributed by atoms with Crippen molar-refractivity contribution in [2.24, 2.45) is 0 Å².